The van der Waals surface area contributed by atoms with Gasteiger partial charge in [-0.25, -0.2) is 0 Å². The van der Waals surface area contributed by atoms with E-state index in [0.717, 1.165) is 24.0 Å². The van der Waals surface area contributed by atoms with Crippen LogP contribution in [0.1, 0.15) is 94.9 Å². The lowest BCUT2D eigenvalue weighted by atomic mass is 9.65. The van der Waals surface area contributed by atoms with Crippen molar-refractivity contribution in [3.05, 3.63) is 106 Å². The molecule has 0 aromatic rings. The van der Waals surface area contributed by atoms with Gasteiger partial charge in [-0.3, -0.25) is 0 Å². The molecule has 0 saturated heterocycles. The molecule has 0 unspecified atom stereocenters. The largest absolute Gasteiger partial charge is 0.393 e. The highest BCUT2D eigenvalue weighted by Gasteiger charge is 2.51. The van der Waals surface area contributed by atoms with Crippen molar-refractivity contribution in [2.24, 2.45) is 10.8 Å². The van der Waals surface area contributed by atoms with Crippen LogP contribution in [-0.4, -0.2) is 45.8 Å². The van der Waals surface area contributed by atoms with Gasteiger partial charge in [-0.2, -0.15) is 0 Å². The Kier molecular flexibility index (Phi) is 10.2. The van der Waals surface area contributed by atoms with Crippen molar-refractivity contribution >= 4 is 0 Å². The van der Waals surface area contributed by atoms with E-state index < -0.39 is 0 Å². The summed E-state index contributed by atoms with van der Waals surface area (Å²) in [7, 11) is 0. The Morgan fingerprint density at radius 2 is 0.955 bits per heavy atom. The van der Waals surface area contributed by atoms with Gasteiger partial charge in [-0.15, -0.1) is 0 Å². The highest BCUT2D eigenvalue weighted by atomic mass is 16.5. The Hall–Kier alpha value is -2.50. The number of aliphatic hydroxyl groups excluding tert-OH is 2. The average molecular weight is 601 g/mol. The highest BCUT2D eigenvalue weighted by Crippen LogP contribution is 2.53. The van der Waals surface area contributed by atoms with E-state index in [1.54, 1.807) is 0 Å². The molecule has 6 atom stereocenters. The Morgan fingerprint density at radius 1 is 0.591 bits per heavy atom. The van der Waals surface area contributed by atoms with Gasteiger partial charge in [0, 0.05) is 12.8 Å². The monoisotopic (exact) mass is 600 g/mol. The molecule has 44 heavy (non-hydrogen) atoms. The van der Waals surface area contributed by atoms with Crippen molar-refractivity contribution < 1.29 is 19.7 Å². The van der Waals surface area contributed by atoms with Crippen molar-refractivity contribution in [3.8, 4) is 0 Å². The van der Waals surface area contributed by atoms with Gasteiger partial charge in [0.2, 0.25) is 0 Å². The minimum absolute atomic E-state index is 0.0509. The van der Waals surface area contributed by atoms with Gasteiger partial charge in [0.25, 0.3) is 0 Å². The number of rotatable bonds is 8. The van der Waals surface area contributed by atoms with Crippen molar-refractivity contribution in [1.82, 2.24) is 0 Å². The molecule has 2 aliphatic heterocycles. The van der Waals surface area contributed by atoms with Crippen LogP contribution in [0.15, 0.2) is 106 Å². The lowest BCUT2D eigenvalue weighted by molar-refractivity contribution is -0.0688. The predicted octanol–water partition coefficient (Wildman–Crippen LogP) is 8.97. The van der Waals surface area contributed by atoms with Crippen molar-refractivity contribution in [2.45, 2.75) is 131 Å². The minimum Gasteiger partial charge on any atom is -0.393 e. The summed E-state index contributed by atoms with van der Waals surface area (Å²) in [5.41, 5.74) is 6.43. The number of allylic oxidation sites excluding steroid dienone is 12. The molecule has 0 aromatic carbocycles. The van der Waals surface area contributed by atoms with Gasteiger partial charge in [-0.1, -0.05) is 99.6 Å². The summed E-state index contributed by atoms with van der Waals surface area (Å²) < 4.78 is 12.9. The third kappa shape index (κ3) is 7.83. The highest BCUT2D eigenvalue weighted by molar-refractivity contribution is 5.39. The van der Waals surface area contributed by atoms with Crippen LogP contribution in [0, 0.1) is 10.8 Å². The van der Waals surface area contributed by atoms with E-state index in [1.165, 1.54) is 22.3 Å². The molecule has 4 heteroatoms. The zero-order valence-electron chi connectivity index (χ0n) is 28.8. The van der Waals surface area contributed by atoms with Gasteiger partial charge in [0.15, 0.2) is 0 Å². The fourth-order valence-electron chi connectivity index (χ4n) is 7.92. The lowest BCUT2D eigenvalue weighted by Gasteiger charge is -2.44. The lowest BCUT2D eigenvalue weighted by Crippen LogP contribution is -2.45. The van der Waals surface area contributed by atoms with Gasteiger partial charge < -0.3 is 19.7 Å². The van der Waals surface area contributed by atoms with Crippen molar-refractivity contribution in [3.63, 3.8) is 0 Å². The van der Waals surface area contributed by atoms with Crippen LogP contribution in [-0.2, 0) is 9.47 Å². The second-order valence-electron chi connectivity index (χ2n) is 15.3. The first-order chi connectivity index (χ1) is 20.4. The molecule has 0 bridgehead atoms. The Morgan fingerprint density at radius 3 is 1.32 bits per heavy atom. The Bertz CT molecular complexity index is 1270. The van der Waals surface area contributed by atoms with Gasteiger partial charge >= 0.3 is 0 Å². The van der Waals surface area contributed by atoms with E-state index in [-0.39, 0.29) is 46.4 Å². The zero-order chi connectivity index (χ0) is 32.5. The van der Waals surface area contributed by atoms with E-state index in [4.69, 9.17) is 9.47 Å². The summed E-state index contributed by atoms with van der Waals surface area (Å²) in [6.07, 6.45) is 27.7. The molecule has 4 rings (SSSR count). The number of aliphatic hydroxyl groups is 2. The standard InChI is InChI=1S/C40H56O4/c1-27(17-13-19-29(3)33-21-35-37(5,6)23-31(41)25-39(35,9)43-33)15-11-12-16-28(2)18-14-20-30(4)34-22-36-38(7,8)24-32(42)26-40(36,10)44-34/h11-22,31-34,41-42H,23-26H2,1-10H3/b12-11+,17-13+,18-14+,27-15+,28-16+,29-19-,30-20+/t31-,32-,33+,34+,39+,40+/m0/s1. The first-order valence-corrected chi connectivity index (χ1v) is 16.3. The van der Waals surface area contributed by atoms with Gasteiger partial charge in [0.1, 0.15) is 0 Å². The molecule has 2 N–H and O–H groups in total. The molecule has 0 amide bonds. The molecule has 4 nitrogen and oxygen atoms in total. The molecule has 0 aromatic heterocycles. The van der Waals surface area contributed by atoms with Crippen molar-refractivity contribution in [1.29, 1.82) is 0 Å². The number of fused-ring (bicyclic) bond motifs is 2. The molecule has 2 heterocycles. The molecule has 2 saturated carbocycles. The maximum absolute atomic E-state index is 10.4. The third-order valence-electron chi connectivity index (χ3n) is 9.91. The second kappa shape index (κ2) is 13.1. The maximum atomic E-state index is 10.4. The van der Waals surface area contributed by atoms with Crippen LogP contribution in [0.25, 0.3) is 0 Å². The molecule has 4 aliphatic rings. The normalized spacial score (nSPS) is 36.3. The summed E-state index contributed by atoms with van der Waals surface area (Å²) in [6.45, 7) is 21.5. The first kappa shape index (κ1) is 34.4. The van der Waals surface area contributed by atoms with Crippen LogP contribution in [0.5, 0.6) is 0 Å². The van der Waals surface area contributed by atoms with E-state index in [1.807, 2.05) is 0 Å². The number of hydrogen-bond acceptors (Lipinski definition) is 4. The van der Waals surface area contributed by atoms with E-state index in [2.05, 4.69) is 142 Å². The molecule has 2 fully saturated rings. The van der Waals surface area contributed by atoms with Crippen LogP contribution in [0.4, 0.5) is 0 Å². The smallest absolute Gasteiger partial charge is 0.0982 e. The first-order valence-electron chi connectivity index (χ1n) is 16.3. The summed E-state index contributed by atoms with van der Waals surface area (Å²) >= 11 is 0. The maximum Gasteiger partial charge on any atom is 0.0982 e. The molecular formula is C40H56O4. The summed E-state index contributed by atoms with van der Waals surface area (Å²) in [5, 5.41) is 20.8. The molecule has 0 spiro atoms. The fourth-order valence-corrected chi connectivity index (χ4v) is 7.92. The van der Waals surface area contributed by atoms with Crippen LogP contribution >= 0.6 is 0 Å². The van der Waals surface area contributed by atoms with Gasteiger partial charge in [-0.05, 0) is 99.7 Å². The molecule has 0 radical (unpaired) electrons. The third-order valence-corrected chi connectivity index (χ3v) is 9.91. The van der Waals surface area contributed by atoms with Gasteiger partial charge in [0.05, 0.1) is 35.6 Å². The molecule has 2 aliphatic carbocycles. The van der Waals surface area contributed by atoms with Crippen LogP contribution in [0.3, 0.4) is 0 Å². The Labute approximate surface area is 267 Å². The van der Waals surface area contributed by atoms with Crippen LogP contribution < -0.4 is 0 Å². The van der Waals surface area contributed by atoms with Crippen molar-refractivity contribution in [2.75, 3.05) is 0 Å². The van der Waals surface area contributed by atoms with Crippen LogP contribution in [0.2, 0.25) is 0 Å². The summed E-state index contributed by atoms with van der Waals surface area (Å²) in [6, 6.07) is 0. The summed E-state index contributed by atoms with van der Waals surface area (Å²) in [4.78, 5) is 0. The minimum atomic E-state index is -0.386. The predicted molar refractivity (Wildman–Crippen MR) is 183 cm³/mol. The van der Waals surface area contributed by atoms with E-state index >= 15 is 0 Å². The summed E-state index contributed by atoms with van der Waals surface area (Å²) in [5.74, 6) is 0. The average Bonchev–Trinajstić information content (AvgIpc) is 3.43. The quantitative estimate of drug-likeness (QED) is 0.216. The zero-order valence-corrected chi connectivity index (χ0v) is 28.8. The second-order valence-corrected chi connectivity index (χ2v) is 15.3. The number of hydrogen-bond donors (Lipinski definition) is 2. The molecule has 240 valence electrons. The van der Waals surface area contributed by atoms with E-state index in [0.29, 0.717) is 12.8 Å². The topological polar surface area (TPSA) is 58.9 Å². The fraction of sp³-hybridized carbons (Fsp3) is 0.550. The SMILES string of the molecule is C/C(=C/C=C/C(C)=C/C=C/C=C(C)/C=C/C=C(\C)[C@H]1C=C2C(C)(C)C[C@H](O)C[C@@]2(C)O1)[C@H]1C=C2C(C)(C)C[C@H](O)C[C@@]2(C)O1. The number of ether oxygens (including phenoxy) is 2. The Balaban J connectivity index is 1.29. The van der Waals surface area contributed by atoms with E-state index in [9.17, 15) is 10.2 Å². The molecular weight excluding hydrogens is 544 g/mol.